The Labute approximate surface area is 136 Å². The van der Waals surface area contributed by atoms with E-state index in [1.165, 1.54) is 29.8 Å². The summed E-state index contributed by atoms with van der Waals surface area (Å²) in [6.45, 7) is 4.17. The van der Waals surface area contributed by atoms with Crippen LogP contribution >= 0.6 is 0 Å². The zero-order chi connectivity index (χ0) is 16.1. The summed E-state index contributed by atoms with van der Waals surface area (Å²) in [6.07, 6.45) is 7.52. The van der Waals surface area contributed by atoms with Crippen LogP contribution in [0, 0.1) is 13.8 Å². The minimum Gasteiger partial charge on any atom is -0.345 e. The highest BCUT2D eigenvalue weighted by Crippen LogP contribution is 2.38. The Bertz CT molecular complexity index is 766. The SMILES string of the molecule is Cc1cc(C(=O)N[C@@H]2CCCc3c2cnn3C)c(C)n1C1CC1. The van der Waals surface area contributed by atoms with Gasteiger partial charge in [0.15, 0.2) is 0 Å². The predicted molar refractivity (Wildman–Crippen MR) is 88.5 cm³/mol. The van der Waals surface area contributed by atoms with Gasteiger partial charge >= 0.3 is 0 Å². The van der Waals surface area contributed by atoms with E-state index < -0.39 is 0 Å². The molecule has 1 atom stereocenters. The third kappa shape index (κ3) is 2.38. The fourth-order valence-electron chi connectivity index (χ4n) is 3.99. The molecule has 5 nitrogen and oxygen atoms in total. The van der Waals surface area contributed by atoms with Crippen LogP contribution in [-0.2, 0) is 13.5 Å². The molecule has 2 aromatic heterocycles. The number of carbonyl (C=O) groups is 1. The second kappa shape index (κ2) is 5.25. The first-order valence-corrected chi connectivity index (χ1v) is 8.56. The molecular formula is C18H24N4O. The monoisotopic (exact) mass is 312 g/mol. The molecule has 23 heavy (non-hydrogen) atoms. The lowest BCUT2D eigenvalue weighted by atomic mass is 9.93. The number of nitrogens with zero attached hydrogens (tertiary/aromatic N) is 3. The lowest BCUT2D eigenvalue weighted by Crippen LogP contribution is -2.31. The Hall–Kier alpha value is -2.04. The maximum absolute atomic E-state index is 12.8. The van der Waals surface area contributed by atoms with Crippen molar-refractivity contribution in [3.05, 3.63) is 40.5 Å². The first kappa shape index (κ1) is 14.5. The van der Waals surface area contributed by atoms with Crippen LogP contribution in [0.4, 0.5) is 0 Å². The minimum absolute atomic E-state index is 0.0479. The fourth-order valence-corrected chi connectivity index (χ4v) is 3.99. The Morgan fingerprint density at radius 1 is 1.30 bits per heavy atom. The van der Waals surface area contributed by atoms with Crippen molar-refractivity contribution in [1.29, 1.82) is 0 Å². The molecule has 0 bridgehead atoms. The van der Waals surface area contributed by atoms with Gasteiger partial charge in [-0.3, -0.25) is 9.48 Å². The molecule has 0 aliphatic heterocycles. The van der Waals surface area contributed by atoms with Crippen LogP contribution < -0.4 is 5.32 Å². The molecule has 2 heterocycles. The van der Waals surface area contributed by atoms with Gasteiger partial charge in [-0.15, -0.1) is 0 Å². The van der Waals surface area contributed by atoms with Crippen molar-refractivity contribution in [3.8, 4) is 0 Å². The maximum atomic E-state index is 12.8. The first-order valence-electron chi connectivity index (χ1n) is 8.56. The molecule has 0 spiro atoms. The number of carbonyl (C=O) groups excluding carboxylic acids is 1. The van der Waals surface area contributed by atoms with Gasteiger partial charge < -0.3 is 9.88 Å². The van der Waals surface area contributed by atoms with Crippen LogP contribution in [0.1, 0.15) is 70.8 Å². The molecule has 0 unspecified atom stereocenters. The molecule has 2 aromatic rings. The van der Waals surface area contributed by atoms with Crippen molar-refractivity contribution in [2.75, 3.05) is 0 Å². The van der Waals surface area contributed by atoms with Gasteiger partial charge in [0.05, 0.1) is 17.8 Å². The summed E-state index contributed by atoms with van der Waals surface area (Å²) in [7, 11) is 1.98. The summed E-state index contributed by atoms with van der Waals surface area (Å²) in [5.74, 6) is 0.0479. The van der Waals surface area contributed by atoms with E-state index in [4.69, 9.17) is 0 Å². The summed E-state index contributed by atoms with van der Waals surface area (Å²) in [5, 5.41) is 7.60. The molecular weight excluding hydrogens is 288 g/mol. The standard InChI is InChI=1S/C18H24N4O/c1-11-9-14(12(2)22(11)13-7-8-13)18(23)20-16-5-4-6-17-15(16)10-19-21(17)3/h9-10,13,16H,4-8H2,1-3H3,(H,20,23)/t16-/m1/s1. The van der Waals surface area contributed by atoms with Crippen LogP contribution in [0.5, 0.6) is 0 Å². The highest BCUT2D eigenvalue weighted by atomic mass is 16.1. The molecule has 0 aromatic carbocycles. The average Bonchev–Trinajstić information content (AvgIpc) is 3.21. The van der Waals surface area contributed by atoms with E-state index in [9.17, 15) is 4.79 Å². The van der Waals surface area contributed by atoms with E-state index in [1.54, 1.807) is 0 Å². The number of rotatable bonds is 3. The van der Waals surface area contributed by atoms with Gasteiger partial charge in [0.25, 0.3) is 5.91 Å². The zero-order valence-corrected chi connectivity index (χ0v) is 14.1. The van der Waals surface area contributed by atoms with Crippen molar-refractivity contribution >= 4 is 5.91 Å². The second-order valence-corrected chi connectivity index (χ2v) is 6.97. The summed E-state index contributed by atoms with van der Waals surface area (Å²) >= 11 is 0. The summed E-state index contributed by atoms with van der Waals surface area (Å²) in [6, 6.07) is 2.73. The number of hydrogen-bond donors (Lipinski definition) is 1. The van der Waals surface area contributed by atoms with Crippen LogP contribution in [0.2, 0.25) is 0 Å². The number of amides is 1. The van der Waals surface area contributed by atoms with Gasteiger partial charge in [0.2, 0.25) is 0 Å². The Kier molecular flexibility index (Phi) is 3.32. The highest BCUT2D eigenvalue weighted by molar-refractivity contribution is 5.96. The summed E-state index contributed by atoms with van der Waals surface area (Å²) in [4.78, 5) is 12.8. The van der Waals surface area contributed by atoms with Crippen LogP contribution in [0.3, 0.4) is 0 Å². The molecule has 2 aliphatic carbocycles. The third-order valence-corrected chi connectivity index (χ3v) is 5.32. The quantitative estimate of drug-likeness (QED) is 0.947. The van der Waals surface area contributed by atoms with Crippen molar-refractivity contribution < 1.29 is 4.79 Å². The maximum Gasteiger partial charge on any atom is 0.253 e. The molecule has 2 aliphatic rings. The van der Waals surface area contributed by atoms with Gasteiger partial charge in [-0.25, -0.2) is 0 Å². The Morgan fingerprint density at radius 3 is 2.83 bits per heavy atom. The highest BCUT2D eigenvalue weighted by Gasteiger charge is 2.30. The Morgan fingerprint density at radius 2 is 2.09 bits per heavy atom. The molecule has 1 fully saturated rings. The second-order valence-electron chi connectivity index (χ2n) is 6.97. The molecule has 122 valence electrons. The molecule has 1 amide bonds. The summed E-state index contributed by atoms with van der Waals surface area (Å²) in [5.41, 5.74) is 5.56. The topological polar surface area (TPSA) is 51.9 Å². The lowest BCUT2D eigenvalue weighted by Gasteiger charge is -2.23. The molecule has 5 heteroatoms. The molecule has 4 rings (SSSR count). The molecule has 0 saturated heterocycles. The van der Waals surface area contributed by atoms with Gasteiger partial charge in [0, 0.05) is 35.7 Å². The zero-order valence-electron chi connectivity index (χ0n) is 14.1. The predicted octanol–water partition coefficient (Wildman–Crippen LogP) is 2.98. The van der Waals surface area contributed by atoms with Crippen LogP contribution in [-0.4, -0.2) is 20.3 Å². The van der Waals surface area contributed by atoms with E-state index in [0.29, 0.717) is 6.04 Å². The van der Waals surface area contributed by atoms with Gasteiger partial charge in [-0.05, 0) is 52.0 Å². The number of nitrogens with one attached hydrogen (secondary N) is 1. The number of hydrogen-bond acceptors (Lipinski definition) is 2. The van der Waals surface area contributed by atoms with Gasteiger partial charge in [-0.1, -0.05) is 0 Å². The van der Waals surface area contributed by atoms with Gasteiger partial charge in [0.1, 0.15) is 0 Å². The first-order chi connectivity index (χ1) is 11.1. The van der Waals surface area contributed by atoms with E-state index in [1.807, 2.05) is 24.0 Å². The fraction of sp³-hybridized carbons (Fsp3) is 0.556. The third-order valence-electron chi connectivity index (χ3n) is 5.32. The molecule has 0 radical (unpaired) electrons. The molecule has 1 saturated carbocycles. The van der Waals surface area contributed by atoms with Crippen LogP contribution in [0.15, 0.2) is 12.3 Å². The van der Waals surface area contributed by atoms with Crippen LogP contribution in [0.25, 0.3) is 0 Å². The van der Waals surface area contributed by atoms with Crippen molar-refractivity contribution in [2.45, 2.75) is 58.0 Å². The van der Waals surface area contributed by atoms with E-state index in [2.05, 4.69) is 28.8 Å². The van der Waals surface area contributed by atoms with E-state index in [0.717, 1.165) is 30.5 Å². The number of fused-ring (bicyclic) bond motifs is 1. The van der Waals surface area contributed by atoms with Crippen molar-refractivity contribution in [1.82, 2.24) is 19.7 Å². The van der Waals surface area contributed by atoms with Crippen molar-refractivity contribution in [2.24, 2.45) is 7.05 Å². The smallest absolute Gasteiger partial charge is 0.253 e. The van der Waals surface area contributed by atoms with E-state index in [-0.39, 0.29) is 11.9 Å². The Balaban J connectivity index is 1.58. The normalized spacial score (nSPS) is 20.4. The molecule has 1 N–H and O–H groups in total. The average molecular weight is 312 g/mol. The van der Waals surface area contributed by atoms with E-state index >= 15 is 0 Å². The summed E-state index contributed by atoms with van der Waals surface area (Å²) < 4.78 is 4.26. The lowest BCUT2D eigenvalue weighted by molar-refractivity contribution is 0.0932. The van der Waals surface area contributed by atoms with Crippen molar-refractivity contribution in [3.63, 3.8) is 0 Å². The largest absolute Gasteiger partial charge is 0.345 e. The minimum atomic E-state index is 0.0479. The number of aromatic nitrogens is 3. The van der Waals surface area contributed by atoms with Gasteiger partial charge in [-0.2, -0.15) is 5.10 Å². The number of aryl methyl sites for hydroxylation is 2.